The van der Waals surface area contributed by atoms with Gasteiger partial charge in [-0.1, -0.05) is 0 Å². The van der Waals surface area contributed by atoms with Gasteiger partial charge < -0.3 is 18.9 Å². The van der Waals surface area contributed by atoms with E-state index in [0.717, 1.165) is 6.61 Å². The van der Waals surface area contributed by atoms with Crippen LogP contribution in [0.15, 0.2) is 0 Å². The third-order valence-corrected chi connectivity index (χ3v) is 2.40. The molecule has 62 valence electrons. The number of hydrogen-bond acceptors (Lipinski definition) is 4. The van der Waals surface area contributed by atoms with Gasteiger partial charge in [0.1, 0.15) is 24.4 Å². The van der Waals surface area contributed by atoms with Gasteiger partial charge in [0.05, 0.1) is 6.61 Å². The van der Waals surface area contributed by atoms with Gasteiger partial charge >= 0.3 is 0 Å². The van der Waals surface area contributed by atoms with E-state index in [1.807, 2.05) is 0 Å². The highest BCUT2D eigenvalue weighted by Crippen LogP contribution is 2.43. The minimum Gasteiger partial charge on any atom is -0.370 e. The summed E-state index contributed by atoms with van der Waals surface area (Å²) in [5.74, 6) is 0. The van der Waals surface area contributed by atoms with Gasteiger partial charge in [0.2, 0.25) is 0 Å². The summed E-state index contributed by atoms with van der Waals surface area (Å²) in [6.45, 7) is 0.813. The summed E-state index contributed by atoms with van der Waals surface area (Å²) in [6, 6.07) is 0. The van der Waals surface area contributed by atoms with E-state index in [4.69, 9.17) is 18.9 Å². The van der Waals surface area contributed by atoms with Crippen LogP contribution >= 0.6 is 0 Å². The Hall–Kier alpha value is -0.160. The van der Waals surface area contributed by atoms with Crippen LogP contribution in [0.3, 0.4) is 0 Å². The van der Waals surface area contributed by atoms with Crippen LogP contribution in [0.4, 0.5) is 0 Å². The zero-order valence-electron chi connectivity index (χ0n) is 6.23. The molecule has 0 radical (unpaired) electrons. The first-order valence-corrected chi connectivity index (χ1v) is 3.85. The van der Waals surface area contributed by atoms with Crippen molar-refractivity contribution in [3.05, 3.63) is 0 Å². The lowest BCUT2D eigenvalue weighted by Gasteiger charge is -2.13. The molecule has 4 heteroatoms. The summed E-state index contributed by atoms with van der Waals surface area (Å²) in [5, 5.41) is 0. The van der Waals surface area contributed by atoms with Crippen molar-refractivity contribution in [3.8, 4) is 0 Å². The van der Waals surface area contributed by atoms with E-state index in [-0.39, 0.29) is 30.7 Å². The molecule has 3 aliphatic rings. The van der Waals surface area contributed by atoms with Crippen molar-refractivity contribution in [2.75, 3.05) is 13.7 Å². The van der Waals surface area contributed by atoms with Gasteiger partial charge in [-0.3, -0.25) is 0 Å². The highest BCUT2D eigenvalue weighted by molar-refractivity contribution is 5.05. The normalized spacial score (nSPS) is 59.2. The summed E-state index contributed by atoms with van der Waals surface area (Å²) >= 11 is 0. The maximum atomic E-state index is 5.52. The number of hydrogen-bond donors (Lipinski definition) is 0. The first-order chi connectivity index (χ1) is 5.40. The van der Waals surface area contributed by atoms with Crippen molar-refractivity contribution < 1.29 is 18.9 Å². The van der Waals surface area contributed by atoms with Crippen LogP contribution in [0.1, 0.15) is 0 Å². The third-order valence-electron chi connectivity index (χ3n) is 2.40. The van der Waals surface area contributed by atoms with Crippen LogP contribution < -0.4 is 0 Å². The maximum absolute atomic E-state index is 5.52. The molecule has 0 N–H and O–H groups in total. The molecule has 5 atom stereocenters. The summed E-state index contributed by atoms with van der Waals surface area (Å²) in [4.78, 5) is 0. The van der Waals surface area contributed by atoms with Gasteiger partial charge in [-0.05, 0) is 0 Å². The Morgan fingerprint density at radius 1 is 1.18 bits per heavy atom. The van der Waals surface area contributed by atoms with Crippen molar-refractivity contribution in [1.29, 1.82) is 0 Å². The molecule has 4 nitrogen and oxygen atoms in total. The van der Waals surface area contributed by atoms with E-state index in [9.17, 15) is 0 Å². The molecule has 0 saturated carbocycles. The van der Waals surface area contributed by atoms with Crippen LogP contribution in [0.25, 0.3) is 0 Å². The third kappa shape index (κ3) is 0.840. The SMILES string of the molecule is COC1O[C@@H](C2CO2)[C@@H]2OC12. The number of methoxy groups -OCH3 is 1. The second-order valence-corrected chi connectivity index (χ2v) is 3.14. The van der Waals surface area contributed by atoms with Gasteiger partial charge in [0, 0.05) is 7.11 Å². The Balaban J connectivity index is 1.71. The maximum Gasteiger partial charge on any atom is 0.186 e. The van der Waals surface area contributed by atoms with Gasteiger partial charge in [0.25, 0.3) is 0 Å². The van der Waals surface area contributed by atoms with Crippen LogP contribution in [-0.4, -0.2) is 44.4 Å². The first kappa shape index (κ1) is 6.37. The lowest BCUT2D eigenvalue weighted by atomic mass is 10.2. The average Bonchev–Trinajstić information content (AvgIpc) is 2.88. The molecule has 0 aromatic carbocycles. The molecule has 3 rings (SSSR count). The molecule has 0 aromatic rings. The van der Waals surface area contributed by atoms with Gasteiger partial charge in [-0.15, -0.1) is 0 Å². The highest BCUT2D eigenvalue weighted by atomic mass is 16.8. The number of rotatable bonds is 2. The summed E-state index contributed by atoms with van der Waals surface area (Å²) < 4.78 is 21.1. The quantitative estimate of drug-likeness (QED) is 0.509. The van der Waals surface area contributed by atoms with E-state index < -0.39 is 0 Å². The molecule has 0 bridgehead atoms. The monoisotopic (exact) mass is 158 g/mol. The standard InChI is InChI=1S/C7H10O4/c1-8-7-6-5(10-6)4(11-7)3-2-9-3/h3-7H,2H2,1H3/t3?,4-,5-,6?,7?/m0/s1. The molecule has 3 saturated heterocycles. The van der Waals surface area contributed by atoms with Gasteiger partial charge in [0.15, 0.2) is 6.29 Å². The molecule has 0 amide bonds. The number of ether oxygens (including phenoxy) is 4. The molecule has 3 fully saturated rings. The minimum absolute atomic E-state index is 0.130. The molecule has 11 heavy (non-hydrogen) atoms. The second-order valence-electron chi connectivity index (χ2n) is 3.14. The molecule has 0 spiro atoms. The lowest BCUT2D eigenvalue weighted by Crippen LogP contribution is -2.25. The van der Waals surface area contributed by atoms with Crippen molar-refractivity contribution in [2.45, 2.75) is 30.7 Å². The largest absolute Gasteiger partial charge is 0.370 e. The van der Waals surface area contributed by atoms with Crippen molar-refractivity contribution in [3.63, 3.8) is 0 Å². The molecule has 0 aromatic heterocycles. The van der Waals surface area contributed by atoms with Crippen LogP contribution in [0.2, 0.25) is 0 Å². The molecule has 3 unspecified atom stereocenters. The van der Waals surface area contributed by atoms with Crippen LogP contribution in [-0.2, 0) is 18.9 Å². The Morgan fingerprint density at radius 3 is 2.55 bits per heavy atom. The van der Waals surface area contributed by atoms with Crippen molar-refractivity contribution in [2.24, 2.45) is 0 Å². The molecular weight excluding hydrogens is 148 g/mol. The minimum atomic E-state index is -0.158. The Labute approximate surface area is 64.4 Å². The Kier molecular flexibility index (Phi) is 1.13. The zero-order chi connectivity index (χ0) is 7.42. The molecular formula is C7H10O4. The molecule has 3 aliphatic heterocycles. The smallest absolute Gasteiger partial charge is 0.186 e. The first-order valence-electron chi connectivity index (χ1n) is 3.85. The van der Waals surface area contributed by atoms with E-state index in [1.54, 1.807) is 7.11 Å². The van der Waals surface area contributed by atoms with E-state index in [2.05, 4.69) is 0 Å². The Morgan fingerprint density at radius 2 is 2.00 bits per heavy atom. The van der Waals surface area contributed by atoms with Crippen molar-refractivity contribution >= 4 is 0 Å². The molecule has 0 aliphatic carbocycles. The van der Waals surface area contributed by atoms with E-state index in [1.165, 1.54) is 0 Å². The molecule has 3 heterocycles. The van der Waals surface area contributed by atoms with Crippen LogP contribution in [0, 0.1) is 0 Å². The van der Waals surface area contributed by atoms with Gasteiger partial charge in [-0.25, -0.2) is 0 Å². The fourth-order valence-corrected chi connectivity index (χ4v) is 1.66. The zero-order valence-corrected chi connectivity index (χ0v) is 6.23. The highest BCUT2D eigenvalue weighted by Gasteiger charge is 2.62. The fraction of sp³-hybridized carbons (Fsp3) is 1.00. The second kappa shape index (κ2) is 1.95. The predicted octanol–water partition coefficient (Wildman–Crippen LogP) is -0.476. The van der Waals surface area contributed by atoms with Gasteiger partial charge in [-0.2, -0.15) is 0 Å². The fourth-order valence-electron chi connectivity index (χ4n) is 1.66. The lowest BCUT2D eigenvalue weighted by molar-refractivity contribution is -0.162. The number of epoxide rings is 2. The number of fused-ring (bicyclic) bond motifs is 1. The Bertz CT molecular complexity index is 179. The summed E-state index contributed by atoms with van der Waals surface area (Å²) in [5.41, 5.74) is 0. The van der Waals surface area contributed by atoms with E-state index >= 15 is 0 Å². The van der Waals surface area contributed by atoms with E-state index in [0.29, 0.717) is 0 Å². The average molecular weight is 158 g/mol. The topological polar surface area (TPSA) is 43.5 Å². The van der Waals surface area contributed by atoms with Crippen molar-refractivity contribution in [1.82, 2.24) is 0 Å². The van der Waals surface area contributed by atoms with Crippen LogP contribution in [0.5, 0.6) is 0 Å². The summed E-state index contributed by atoms with van der Waals surface area (Å²) in [7, 11) is 1.64. The predicted molar refractivity (Wildman–Crippen MR) is 34.1 cm³/mol. The summed E-state index contributed by atoms with van der Waals surface area (Å²) in [6.07, 6.45) is 0.658.